The van der Waals surface area contributed by atoms with E-state index < -0.39 is 0 Å². The molecular weight excluding hydrogens is 378 g/mol. The Morgan fingerprint density at radius 2 is 1.87 bits per heavy atom. The molecule has 2 aliphatic heterocycles. The fourth-order valence-electron chi connectivity index (χ4n) is 4.58. The van der Waals surface area contributed by atoms with Crippen LogP contribution in [-0.2, 0) is 22.7 Å². The number of likely N-dealkylation sites (tertiary alicyclic amines) is 1. The molecule has 0 bridgehead atoms. The van der Waals surface area contributed by atoms with Crippen molar-refractivity contribution in [3.63, 3.8) is 0 Å². The Labute approximate surface area is 178 Å². The molecule has 2 aliphatic rings. The molecule has 1 atom stereocenters. The van der Waals surface area contributed by atoms with Crippen molar-refractivity contribution in [1.29, 1.82) is 0 Å². The summed E-state index contributed by atoms with van der Waals surface area (Å²) in [5.41, 5.74) is 3.11. The van der Waals surface area contributed by atoms with E-state index in [1.165, 1.54) is 5.56 Å². The molecule has 0 spiro atoms. The van der Waals surface area contributed by atoms with Gasteiger partial charge in [-0.05, 0) is 38.3 Å². The van der Waals surface area contributed by atoms with Crippen LogP contribution in [-0.4, -0.2) is 75.1 Å². The van der Waals surface area contributed by atoms with Crippen LogP contribution in [0.5, 0.6) is 0 Å². The fraction of sp³-hybridized carbons (Fsp3) is 0.522. The second kappa shape index (κ2) is 9.00. The van der Waals surface area contributed by atoms with E-state index in [2.05, 4.69) is 22.1 Å². The van der Waals surface area contributed by atoms with Gasteiger partial charge in [-0.25, -0.2) is 0 Å². The van der Waals surface area contributed by atoms with Gasteiger partial charge in [-0.1, -0.05) is 30.3 Å². The average Bonchev–Trinajstić information content (AvgIpc) is 3.12. The summed E-state index contributed by atoms with van der Waals surface area (Å²) in [6.45, 7) is 8.70. The Morgan fingerprint density at radius 3 is 2.60 bits per heavy atom. The summed E-state index contributed by atoms with van der Waals surface area (Å²) in [5.74, 6) is 0.327. The van der Waals surface area contributed by atoms with Crippen LogP contribution in [0.4, 0.5) is 0 Å². The minimum absolute atomic E-state index is 0.0558. The number of hydrogen-bond acceptors (Lipinski definition) is 4. The predicted octanol–water partition coefficient (Wildman–Crippen LogP) is 1.84. The topological polar surface area (TPSA) is 61.7 Å². The van der Waals surface area contributed by atoms with Gasteiger partial charge in [-0.15, -0.1) is 0 Å². The molecule has 160 valence electrons. The van der Waals surface area contributed by atoms with Crippen LogP contribution in [0.2, 0.25) is 0 Å². The number of aromatic nitrogens is 2. The lowest BCUT2D eigenvalue weighted by molar-refractivity contribution is -0.132. The van der Waals surface area contributed by atoms with Crippen molar-refractivity contribution >= 4 is 11.8 Å². The molecule has 7 heteroatoms. The molecule has 1 aromatic carbocycles. The van der Waals surface area contributed by atoms with Crippen LogP contribution in [0.25, 0.3) is 0 Å². The molecule has 2 fully saturated rings. The van der Waals surface area contributed by atoms with Gasteiger partial charge >= 0.3 is 0 Å². The maximum absolute atomic E-state index is 13.0. The Morgan fingerprint density at radius 1 is 1.07 bits per heavy atom. The van der Waals surface area contributed by atoms with E-state index in [1.807, 2.05) is 47.9 Å². The van der Waals surface area contributed by atoms with Crippen molar-refractivity contribution in [2.45, 2.75) is 45.8 Å². The molecule has 2 saturated heterocycles. The predicted molar refractivity (Wildman–Crippen MR) is 115 cm³/mol. The van der Waals surface area contributed by atoms with Crippen molar-refractivity contribution in [3.8, 4) is 0 Å². The van der Waals surface area contributed by atoms with Gasteiger partial charge in [0.05, 0.1) is 11.7 Å². The molecular formula is C23H31N5O2. The number of nitrogens with zero attached hydrogens (tertiary/aromatic N) is 5. The normalized spacial score (nSPS) is 20.6. The van der Waals surface area contributed by atoms with E-state index in [0.717, 1.165) is 50.4 Å². The summed E-state index contributed by atoms with van der Waals surface area (Å²) in [4.78, 5) is 32.0. The SMILES string of the molecule is Cc1cc(C)n(CC(=O)N2CCCN([C@@H]3CCN(Cc4ccccc4)C3=O)CC2)n1. The zero-order valence-corrected chi connectivity index (χ0v) is 18.0. The summed E-state index contributed by atoms with van der Waals surface area (Å²) in [6, 6.07) is 12.1. The first-order valence-electron chi connectivity index (χ1n) is 10.9. The zero-order chi connectivity index (χ0) is 21.1. The Hall–Kier alpha value is -2.67. The minimum atomic E-state index is -0.0558. The molecule has 7 nitrogen and oxygen atoms in total. The average molecular weight is 410 g/mol. The van der Waals surface area contributed by atoms with Crippen molar-refractivity contribution in [2.24, 2.45) is 0 Å². The van der Waals surface area contributed by atoms with E-state index in [0.29, 0.717) is 13.1 Å². The number of amides is 2. The maximum atomic E-state index is 13.0. The summed E-state index contributed by atoms with van der Waals surface area (Å²) >= 11 is 0. The van der Waals surface area contributed by atoms with Gasteiger partial charge in [0, 0.05) is 45.0 Å². The summed E-state index contributed by atoms with van der Waals surface area (Å²) in [5, 5.41) is 4.41. The van der Waals surface area contributed by atoms with Crippen LogP contribution in [0.3, 0.4) is 0 Å². The van der Waals surface area contributed by atoms with Crippen LogP contribution in [0, 0.1) is 13.8 Å². The van der Waals surface area contributed by atoms with E-state index in [-0.39, 0.29) is 24.4 Å². The fourth-order valence-corrected chi connectivity index (χ4v) is 4.58. The molecule has 0 aliphatic carbocycles. The smallest absolute Gasteiger partial charge is 0.244 e. The van der Waals surface area contributed by atoms with Gasteiger partial charge in [0.15, 0.2) is 0 Å². The lowest BCUT2D eigenvalue weighted by Crippen LogP contribution is -2.44. The first kappa shape index (κ1) is 20.6. The molecule has 0 saturated carbocycles. The molecule has 0 unspecified atom stereocenters. The number of aryl methyl sites for hydroxylation is 2. The molecule has 0 radical (unpaired) electrons. The highest BCUT2D eigenvalue weighted by molar-refractivity contribution is 5.84. The van der Waals surface area contributed by atoms with Gasteiger partial charge in [0.1, 0.15) is 6.54 Å². The van der Waals surface area contributed by atoms with Crippen molar-refractivity contribution in [3.05, 3.63) is 53.3 Å². The highest BCUT2D eigenvalue weighted by atomic mass is 16.2. The monoisotopic (exact) mass is 409 g/mol. The molecule has 2 amide bonds. The summed E-state index contributed by atoms with van der Waals surface area (Å²) in [6.07, 6.45) is 1.76. The van der Waals surface area contributed by atoms with Crippen LogP contribution in [0.1, 0.15) is 29.8 Å². The Kier molecular flexibility index (Phi) is 6.18. The summed E-state index contributed by atoms with van der Waals surface area (Å²) < 4.78 is 1.78. The highest BCUT2D eigenvalue weighted by Crippen LogP contribution is 2.21. The second-order valence-corrected chi connectivity index (χ2v) is 8.40. The second-order valence-electron chi connectivity index (χ2n) is 8.40. The Bertz CT molecular complexity index is 894. The lowest BCUT2D eigenvalue weighted by atomic mass is 10.2. The molecule has 4 rings (SSSR count). The third kappa shape index (κ3) is 4.56. The zero-order valence-electron chi connectivity index (χ0n) is 18.0. The van der Waals surface area contributed by atoms with Gasteiger partial charge in [0.2, 0.25) is 11.8 Å². The number of carbonyl (C=O) groups excluding carboxylic acids is 2. The van der Waals surface area contributed by atoms with E-state index >= 15 is 0 Å². The first-order chi connectivity index (χ1) is 14.5. The van der Waals surface area contributed by atoms with Gasteiger partial charge in [-0.3, -0.25) is 19.2 Å². The number of carbonyl (C=O) groups is 2. The van der Waals surface area contributed by atoms with Crippen molar-refractivity contribution in [2.75, 3.05) is 32.7 Å². The van der Waals surface area contributed by atoms with Gasteiger partial charge < -0.3 is 9.80 Å². The van der Waals surface area contributed by atoms with E-state index in [1.54, 1.807) is 4.68 Å². The molecule has 30 heavy (non-hydrogen) atoms. The van der Waals surface area contributed by atoms with Crippen molar-refractivity contribution < 1.29 is 9.59 Å². The highest BCUT2D eigenvalue weighted by Gasteiger charge is 2.36. The third-order valence-corrected chi connectivity index (χ3v) is 6.20. The van der Waals surface area contributed by atoms with Crippen LogP contribution < -0.4 is 0 Å². The number of benzene rings is 1. The number of rotatable bonds is 5. The van der Waals surface area contributed by atoms with Gasteiger partial charge in [0.25, 0.3) is 0 Å². The molecule has 3 heterocycles. The molecule has 0 N–H and O–H groups in total. The quantitative estimate of drug-likeness (QED) is 0.756. The number of hydrogen-bond donors (Lipinski definition) is 0. The maximum Gasteiger partial charge on any atom is 0.244 e. The minimum Gasteiger partial charge on any atom is -0.340 e. The molecule has 1 aromatic heterocycles. The van der Waals surface area contributed by atoms with Crippen molar-refractivity contribution in [1.82, 2.24) is 24.5 Å². The lowest BCUT2D eigenvalue weighted by Gasteiger charge is -2.26. The van der Waals surface area contributed by atoms with Gasteiger partial charge in [-0.2, -0.15) is 5.10 Å². The van der Waals surface area contributed by atoms with Crippen LogP contribution in [0.15, 0.2) is 36.4 Å². The largest absolute Gasteiger partial charge is 0.340 e. The van der Waals surface area contributed by atoms with E-state index in [9.17, 15) is 9.59 Å². The van der Waals surface area contributed by atoms with E-state index in [4.69, 9.17) is 0 Å². The molecule has 2 aromatic rings. The Balaban J connectivity index is 1.32. The first-order valence-corrected chi connectivity index (χ1v) is 10.9. The summed E-state index contributed by atoms with van der Waals surface area (Å²) in [7, 11) is 0. The standard InChI is InChI=1S/C23H31N5O2/c1-18-15-19(2)28(24-18)17-22(29)26-11-6-10-25(13-14-26)21-9-12-27(23(21)30)16-20-7-4-3-5-8-20/h3-5,7-8,15,21H,6,9-14,16-17H2,1-2H3/t21-/m1/s1. The van der Waals surface area contributed by atoms with Crippen LogP contribution >= 0.6 is 0 Å². The third-order valence-electron chi connectivity index (χ3n) is 6.20.